The Balaban J connectivity index is 2.43. The van der Waals surface area contributed by atoms with Crippen LogP contribution in [0, 0.1) is 6.92 Å². The van der Waals surface area contributed by atoms with Crippen LogP contribution in [-0.2, 0) is 0 Å². The molecule has 1 heterocycles. The highest BCUT2D eigenvalue weighted by atomic mass is 16.5. The van der Waals surface area contributed by atoms with Gasteiger partial charge in [-0.05, 0) is 13.3 Å². The standard InChI is InChI=1S/C16H29N3O/c1-5-6-7-8-9-10-11-20-16-13(4)14(17)18-15(19-16)12(2)3/h12H,5-11H2,1-4H3,(H2,17,18,19). The lowest BCUT2D eigenvalue weighted by Gasteiger charge is -2.12. The minimum Gasteiger partial charge on any atom is -0.477 e. The largest absolute Gasteiger partial charge is 0.477 e. The average molecular weight is 279 g/mol. The highest BCUT2D eigenvalue weighted by Gasteiger charge is 2.12. The Morgan fingerprint density at radius 1 is 1.05 bits per heavy atom. The monoisotopic (exact) mass is 279 g/mol. The van der Waals surface area contributed by atoms with Gasteiger partial charge in [0.15, 0.2) is 0 Å². The number of nitrogen functional groups attached to an aromatic ring is 1. The fraction of sp³-hybridized carbons (Fsp3) is 0.750. The molecular formula is C16H29N3O. The van der Waals surface area contributed by atoms with Gasteiger partial charge < -0.3 is 10.5 Å². The third kappa shape index (κ3) is 5.35. The lowest BCUT2D eigenvalue weighted by Crippen LogP contribution is -2.09. The van der Waals surface area contributed by atoms with Crippen molar-refractivity contribution in [1.29, 1.82) is 0 Å². The highest BCUT2D eigenvalue weighted by molar-refractivity contribution is 5.44. The van der Waals surface area contributed by atoms with E-state index in [4.69, 9.17) is 10.5 Å². The van der Waals surface area contributed by atoms with E-state index in [1.165, 1.54) is 32.1 Å². The molecule has 1 rings (SSSR count). The third-order valence-electron chi connectivity index (χ3n) is 3.41. The molecule has 4 nitrogen and oxygen atoms in total. The minimum absolute atomic E-state index is 0.259. The molecule has 0 atom stereocenters. The van der Waals surface area contributed by atoms with Crippen LogP contribution in [0.4, 0.5) is 5.82 Å². The lowest BCUT2D eigenvalue weighted by molar-refractivity contribution is 0.289. The summed E-state index contributed by atoms with van der Waals surface area (Å²) in [5.41, 5.74) is 6.76. The van der Waals surface area contributed by atoms with Crippen molar-refractivity contribution < 1.29 is 4.74 Å². The number of nitrogens with two attached hydrogens (primary N) is 1. The Hall–Kier alpha value is -1.32. The maximum absolute atomic E-state index is 5.91. The van der Waals surface area contributed by atoms with Crippen LogP contribution >= 0.6 is 0 Å². The molecule has 0 spiro atoms. The normalized spacial score (nSPS) is 11.1. The molecule has 0 aliphatic rings. The maximum atomic E-state index is 5.91. The van der Waals surface area contributed by atoms with E-state index in [-0.39, 0.29) is 5.92 Å². The van der Waals surface area contributed by atoms with Crippen molar-refractivity contribution in [2.75, 3.05) is 12.3 Å². The van der Waals surface area contributed by atoms with E-state index in [1.807, 2.05) is 6.92 Å². The quantitative estimate of drug-likeness (QED) is 0.687. The molecule has 2 N–H and O–H groups in total. The Morgan fingerprint density at radius 2 is 1.70 bits per heavy atom. The van der Waals surface area contributed by atoms with Crippen LogP contribution in [0.3, 0.4) is 0 Å². The van der Waals surface area contributed by atoms with Gasteiger partial charge in [-0.1, -0.05) is 52.9 Å². The Kier molecular flexibility index (Phi) is 7.34. The van der Waals surface area contributed by atoms with Gasteiger partial charge in [0, 0.05) is 5.92 Å². The van der Waals surface area contributed by atoms with Gasteiger partial charge in [-0.15, -0.1) is 0 Å². The summed E-state index contributed by atoms with van der Waals surface area (Å²) in [6, 6.07) is 0. The average Bonchev–Trinajstić information content (AvgIpc) is 2.41. The minimum atomic E-state index is 0.259. The van der Waals surface area contributed by atoms with Gasteiger partial charge in [0.2, 0.25) is 5.88 Å². The molecule has 0 amide bonds. The molecule has 1 aromatic heterocycles. The Bertz CT molecular complexity index is 405. The third-order valence-corrected chi connectivity index (χ3v) is 3.41. The lowest BCUT2D eigenvalue weighted by atomic mass is 10.1. The van der Waals surface area contributed by atoms with Gasteiger partial charge in [-0.2, -0.15) is 4.98 Å². The molecule has 20 heavy (non-hydrogen) atoms. The second kappa shape index (κ2) is 8.77. The van der Waals surface area contributed by atoms with Crippen LogP contribution in [0.15, 0.2) is 0 Å². The molecule has 0 aromatic carbocycles. The molecule has 0 aliphatic carbocycles. The molecule has 0 radical (unpaired) electrons. The number of hydrogen-bond donors (Lipinski definition) is 1. The molecule has 4 heteroatoms. The molecule has 0 unspecified atom stereocenters. The van der Waals surface area contributed by atoms with E-state index >= 15 is 0 Å². The van der Waals surface area contributed by atoms with Gasteiger partial charge in [0.1, 0.15) is 11.6 Å². The second-order valence-electron chi connectivity index (χ2n) is 5.67. The fourth-order valence-corrected chi connectivity index (χ4v) is 1.98. The van der Waals surface area contributed by atoms with E-state index in [0.29, 0.717) is 18.3 Å². The second-order valence-corrected chi connectivity index (χ2v) is 5.67. The molecule has 114 valence electrons. The van der Waals surface area contributed by atoms with Gasteiger partial charge in [-0.25, -0.2) is 4.98 Å². The van der Waals surface area contributed by atoms with E-state index < -0.39 is 0 Å². The van der Waals surface area contributed by atoms with Crippen LogP contribution in [0.1, 0.15) is 76.6 Å². The van der Waals surface area contributed by atoms with Gasteiger partial charge in [0.05, 0.1) is 12.2 Å². The first-order chi connectivity index (χ1) is 9.56. The predicted octanol–water partition coefficient (Wildman–Crippen LogP) is 4.23. The number of ether oxygens (including phenoxy) is 1. The summed E-state index contributed by atoms with van der Waals surface area (Å²) < 4.78 is 5.78. The number of nitrogens with zero attached hydrogens (tertiary/aromatic N) is 2. The smallest absolute Gasteiger partial charge is 0.221 e. The maximum Gasteiger partial charge on any atom is 0.221 e. The SMILES string of the molecule is CCCCCCCCOc1nc(C(C)C)nc(N)c1C. The molecule has 1 aromatic rings. The summed E-state index contributed by atoms with van der Waals surface area (Å²) in [4.78, 5) is 8.76. The predicted molar refractivity (Wildman–Crippen MR) is 84.1 cm³/mol. The summed E-state index contributed by atoms with van der Waals surface area (Å²) in [7, 11) is 0. The zero-order valence-electron chi connectivity index (χ0n) is 13.4. The molecule has 0 saturated heterocycles. The van der Waals surface area contributed by atoms with Gasteiger partial charge in [-0.3, -0.25) is 0 Å². The first-order valence-electron chi connectivity index (χ1n) is 7.83. The molecule has 0 aliphatic heterocycles. The first kappa shape index (κ1) is 16.7. The van der Waals surface area contributed by atoms with Crippen molar-refractivity contribution in [3.05, 3.63) is 11.4 Å². The number of hydrogen-bond acceptors (Lipinski definition) is 4. The Labute approximate surface area is 123 Å². The number of aromatic nitrogens is 2. The molecular weight excluding hydrogens is 250 g/mol. The zero-order chi connectivity index (χ0) is 15.0. The van der Waals surface area contributed by atoms with Crippen molar-refractivity contribution in [3.63, 3.8) is 0 Å². The zero-order valence-corrected chi connectivity index (χ0v) is 13.4. The van der Waals surface area contributed by atoms with Crippen LogP contribution < -0.4 is 10.5 Å². The van der Waals surface area contributed by atoms with Crippen molar-refractivity contribution in [2.45, 2.75) is 72.1 Å². The first-order valence-corrected chi connectivity index (χ1v) is 7.83. The summed E-state index contributed by atoms with van der Waals surface area (Å²) >= 11 is 0. The van der Waals surface area contributed by atoms with Crippen molar-refractivity contribution >= 4 is 5.82 Å². The van der Waals surface area contributed by atoms with Crippen molar-refractivity contribution in [3.8, 4) is 5.88 Å². The van der Waals surface area contributed by atoms with Gasteiger partial charge in [0.25, 0.3) is 0 Å². The van der Waals surface area contributed by atoms with Crippen molar-refractivity contribution in [2.24, 2.45) is 0 Å². The van der Waals surface area contributed by atoms with E-state index in [0.717, 1.165) is 17.8 Å². The van der Waals surface area contributed by atoms with Crippen LogP contribution in [0.2, 0.25) is 0 Å². The van der Waals surface area contributed by atoms with Gasteiger partial charge >= 0.3 is 0 Å². The molecule has 0 fully saturated rings. The van der Waals surface area contributed by atoms with E-state index in [1.54, 1.807) is 0 Å². The summed E-state index contributed by atoms with van der Waals surface area (Å²) in [5, 5.41) is 0. The molecule has 0 bridgehead atoms. The number of rotatable bonds is 9. The highest BCUT2D eigenvalue weighted by Crippen LogP contribution is 2.23. The van der Waals surface area contributed by atoms with Crippen molar-refractivity contribution in [1.82, 2.24) is 9.97 Å². The molecule has 0 saturated carbocycles. The van der Waals surface area contributed by atoms with Crippen LogP contribution in [-0.4, -0.2) is 16.6 Å². The van der Waals surface area contributed by atoms with Crippen LogP contribution in [0.5, 0.6) is 5.88 Å². The Morgan fingerprint density at radius 3 is 2.35 bits per heavy atom. The van der Waals surface area contributed by atoms with Crippen LogP contribution in [0.25, 0.3) is 0 Å². The number of anilines is 1. The summed E-state index contributed by atoms with van der Waals surface area (Å²) in [5.74, 6) is 2.19. The topological polar surface area (TPSA) is 61.0 Å². The number of unbranched alkanes of at least 4 members (excludes halogenated alkanes) is 5. The summed E-state index contributed by atoms with van der Waals surface area (Å²) in [6.07, 6.45) is 7.53. The van der Waals surface area contributed by atoms with E-state index in [2.05, 4.69) is 30.7 Å². The fourth-order valence-electron chi connectivity index (χ4n) is 1.98. The summed E-state index contributed by atoms with van der Waals surface area (Å²) in [6.45, 7) is 8.97. The van der Waals surface area contributed by atoms with E-state index in [9.17, 15) is 0 Å².